The number of hydrogen-bond donors (Lipinski definition) is 0. The fourth-order valence-electron chi connectivity index (χ4n) is 4.75. The van der Waals surface area contributed by atoms with Gasteiger partial charge >= 0.3 is 5.69 Å². The molecule has 9 heteroatoms. The third kappa shape index (κ3) is 4.19. The van der Waals surface area contributed by atoms with Gasteiger partial charge in [0.2, 0.25) is 5.78 Å². The van der Waals surface area contributed by atoms with E-state index >= 15 is 0 Å². The van der Waals surface area contributed by atoms with E-state index in [1.54, 1.807) is 19.9 Å². The van der Waals surface area contributed by atoms with Crippen molar-refractivity contribution in [2.75, 3.05) is 7.11 Å². The number of methoxy groups -OCH3 is 1. The van der Waals surface area contributed by atoms with E-state index in [-0.39, 0.29) is 13.3 Å². The molecular formula is C26H28N2O7. The number of fused-ring (bicyclic) bond motifs is 2. The lowest BCUT2D eigenvalue weighted by atomic mass is 9.86. The lowest BCUT2D eigenvalue weighted by Gasteiger charge is -2.35. The monoisotopic (exact) mass is 480 g/mol. The van der Waals surface area contributed by atoms with Crippen LogP contribution in [0.4, 0.5) is 0 Å². The number of rotatable bonds is 9. The van der Waals surface area contributed by atoms with E-state index in [0.29, 0.717) is 12.0 Å². The fraction of sp³-hybridized carbons (Fsp3) is 0.423. The van der Waals surface area contributed by atoms with Crippen molar-refractivity contribution in [3.8, 4) is 11.8 Å². The van der Waals surface area contributed by atoms with Crippen LogP contribution in [0.15, 0.2) is 58.8 Å². The summed E-state index contributed by atoms with van der Waals surface area (Å²) in [6, 6.07) is 9.42. The molecule has 1 aromatic heterocycles. The van der Waals surface area contributed by atoms with Gasteiger partial charge in [-0.05, 0) is 31.8 Å². The molecule has 5 atom stereocenters. The predicted molar refractivity (Wildman–Crippen MR) is 127 cm³/mol. The largest absolute Gasteiger partial charge is 0.375 e. The van der Waals surface area contributed by atoms with Gasteiger partial charge < -0.3 is 18.9 Å². The van der Waals surface area contributed by atoms with Gasteiger partial charge in [0.25, 0.3) is 5.56 Å². The van der Waals surface area contributed by atoms with Gasteiger partial charge in [0, 0.05) is 18.9 Å². The molecule has 184 valence electrons. The lowest BCUT2D eigenvalue weighted by molar-refractivity contribution is -0.208. The second kappa shape index (κ2) is 10.1. The molecule has 0 radical (unpaired) electrons. The average molecular weight is 481 g/mol. The molecule has 2 aliphatic rings. The second-order valence-electron chi connectivity index (χ2n) is 8.47. The number of Topliss-reactive ketones (excluding diaryl/α,β-unsaturated/α-hetero) is 1. The van der Waals surface area contributed by atoms with Crippen molar-refractivity contribution in [2.24, 2.45) is 0 Å². The minimum atomic E-state index is -1.53. The molecular weight excluding hydrogens is 452 g/mol. The quantitative estimate of drug-likeness (QED) is 0.306. The highest BCUT2D eigenvalue weighted by atomic mass is 16.7. The van der Waals surface area contributed by atoms with E-state index in [9.17, 15) is 14.4 Å². The van der Waals surface area contributed by atoms with Gasteiger partial charge in [-0.3, -0.25) is 14.2 Å². The zero-order valence-corrected chi connectivity index (χ0v) is 19.9. The topological polar surface area (TPSA) is 98.0 Å². The Morgan fingerprint density at radius 2 is 2.03 bits per heavy atom. The molecule has 2 aromatic rings. The lowest BCUT2D eigenvalue weighted by Crippen LogP contribution is -2.54. The van der Waals surface area contributed by atoms with Gasteiger partial charge in [0.05, 0.1) is 6.61 Å². The van der Waals surface area contributed by atoms with E-state index in [0.717, 1.165) is 10.1 Å². The highest BCUT2D eigenvalue weighted by Crippen LogP contribution is 2.51. The standard InChI is InChI=1S/C26H28N2O7/c1-5-10-19(29)26-20(11-6-2)34-21(22(26)32-4)24(35-26)27-14-17(3)23(30)28(25(27)31)16-33-15-18-12-8-7-9-13-18/h6-9,12-14,20-22,24H,2,11,15-16H2,1,3-4H3/t20-,21+,22-,24+,26-/m0/s1. The predicted octanol–water partition coefficient (Wildman–Crippen LogP) is 1.71. The molecule has 2 fully saturated rings. The molecule has 0 saturated carbocycles. The molecule has 0 amide bonds. The zero-order valence-electron chi connectivity index (χ0n) is 19.9. The summed E-state index contributed by atoms with van der Waals surface area (Å²) in [5.74, 6) is 4.67. The maximum absolute atomic E-state index is 13.4. The first-order chi connectivity index (χ1) is 16.9. The number of aromatic nitrogens is 2. The molecule has 2 aliphatic heterocycles. The van der Waals surface area contributed by atoms with Crippen molar-refractivity contribution in [1.82, 2.24) is 9.13 Å². The molecule has 2 bridgehead atoms. The summed E-state index contributed by atoms with van der Waals surface area (Å²) in [4.78, 5) is 39.3. The van der Waals surface area contributed by atoms with Gasteiger partial charge in [0.15, 0.2) is 11.8 Å². The molecule has 0 unspecified atom stereocenters. The maximum atomic E-state index is 13.4. The van der Waals surface area contributed by atoms with Gasteiger partial charge in [0.1, 0.15) is 25.0 Å². The Labute approximate surface area is 202 Å². The highest BCUT2D eigenvalue weighted by molar-refractivity contribution is 6.03. The van der Waals surface area contributed by atoms with Crippen LogP contribution in [0.1, 0.15) is 30.7 Å². The van der Waals surface area contributed by atoms with E-state index in [4.69, 9.17) is 18.9 Å². The molecule has 1 aromatic carbocycles. The van der Waals surface area contributed by atoms with Crippen molar-refractivity contribution < 1.29 is 23.7 Å². The van der Waals surface area contributed by atoms with Crippen LogP contribution in [0.5, 0.6) is 0 Å². The summed E-state index contributed by atoms with van der Waals surface area (Å²) < 4.78 is 26.0. The Morgan fingerprint density at radius 3 is 2.69 bits per heavy atom. The number of nitrogens with zero attached hydrogens (tertiary/aromatic N) is 2. The first-order valence-corrected chi connectivity index (χ1v) is 11.3. The normalized spacial score (nSPS) is 26.8. The van der Waals surface area contributed by atoms with Crippen molar-refractivity contribution >= 4 is 5.78 Å². The van der Waals surface area contributed by atoms with Crippen LogP contribution in [-0.4, -0.2) is 45.9 Å². The van der Waals surface area contributed by atoms with Gasteiger partial charge in [-0.25, -0.2) is 9.36 Å². The van der Waals surface area contributed by atoms with Crippen molar-refractivity contribution in [3.05, 3.63) is 81.1 Å². The number of benzene rings is 1. The summed E-state index contributed by atoms with van der Waals surface area (Å²) in [5.41, 5.74) is -1.43. The highest BCUT2D eigenvalue weighted by Gasteiger charge is 2.71. The van der Waals surface area contributed by atoms with E-state index in [1.165, 1.54) is 17.9 Å². The average Bonchev–Trinajstić information content (AvgIpc) is 3.35. The smallest absolute Gasteiger partial charge is 0.335 e. The van der Waals surface area contributed by atoms with E-state index in [2.05, 4.69) is 18.4 Å². The van der Waals surface area contributed by atoms with Crippen LogP contribution in [0.3, 0.4) is 0 Å². The van der Waals surface area contributed by atoms with Crippen LogP contribution in [-0.2, 0) is 37.1 Å². The van der Waals surface area contributed by atoms with Crippen molar-refractivity contribution in [1.29, 1.82) is 0 Å². The number of carbonyl (C=O) groups excluding carboxylic acids is 1. The minimum Gasteiger partial charge on any atom is -0.375 e. The Balaban J connectivity index is 1.69. The number of ether oxygens (including phenoxy) is 4. The Bertz CT molecular complexity index is 1290. The first kappa shape index (κ1) is 24.8. The molecule has 2 saturated heterocycles. The fourth-order valence-corrected chi connectivity index (χ4v) is 4.75. The number of ketones is 1. The maximum Gasteiger partial charge on any atom is 0.335 e. The third-order valence-electron chi connectivity index (χ3n) is 6.32. The molecule has 0 spiro atoms. The van der Waals surface area contributed by atoms with Crippen LogP contribution < -0.4 is 11.2 Å². The minimum absolute atomic E-state index is 0.231. The molecule has 0 aliphatic carbocycles. The van der Waals surface area contributed by atoms with Gasteiger partial charge in [-0.15, -0.1) is 6.58 Å². The molecule has 9 nitrogen and oxygen atoms in total. The SMILES string of the molecule is C=CC[C@@H]1O[C@H]2[C@H](n3cc(C)c(=O)n(COCc4ccccc4)c3=O)O[C@]1(C(=O)C#CC)[C@H]2OC. The van der Waals surface area contributed by atoms with Crippen LogP contribution in [0, 0.1) is 18.8 Å². The van der Waals surface area contributed by atoms with Crippen LogP contribution >= 0.6 is 0 Å². The Kier molecular flexibility index (Phi) is 7.19. The van der Waals surface area contributed by atoms with Crippen LogP contribution in [0.25, 0.3) is 0 Å². The first-order valence-electron chi connectivity index (χ1n) is 11.3. The third-order valence-corrected chi connectivity index (χ3v) is 6.32. The van der Waals surface area contributed by atoms with Crippen molar-refractivity contribution in [2.45, 2.75) is 63.7 Å². The van der Waals surface area contributed by atoms with Crippen LogP contribution in [0.2, 0.25) is 0 Å². The van der Waals surface area contributed by atoms with E-state index in [1.807, 2.05) is 30.3 Å². The summed E-state index contributed by atoms with van der Waals surface area (Å²) in [6.45, 7) is 6.87. The second-order valence-corrected chi connectivity index (χ2v) is 8.47. The molecule has 35 heavy (non-hydrogen) atoms. The van der Waals surface area contributed by atoms with Gasteiger partial charge in [-0.1, -0.05) is 42.3 Å². The van der Waals surface area contributed by atoms with E-state index < -0.39 is 47.2 Å². The summed E-state index contributed by atoms with van der Waals surface area (Å²) in [6.07, 6.45) is 0.124. The number of hydrogen-bond acceptors (Lipinski definition) is 7. The molecule has 0 N–H and O–H groups in total. The summed E-state index contributed by atoms with van der Waals surface area (Å²) >= 11 is 0. The number of aryl methyl sites for hydroxylation is 1. The Morgan fingerprint density at radius 1 is 1.29 bits per heavy atom. The molecule has 4 rings (SSSR count). The number of carbonyl (C=O) groups is 1. The zero-order chi connectivity index (χ0) is 25.2. The summed E-state index contributed by atoms with van der Waals surface area (Å²) in [5, 5.41) is 0. The summed E-state index contributed by atoms with van der Waals surface area (Å²) in [7, 11) is 1.46. The molecule has 3 heterocycles. The Hall–Kier alpha value is -3.29. The van der Waals surface area contributed by atoms with Crippen molar-refractivity contribution in [3.63, 3.8) is 0 Å². The van der Waals surface area contributed by atoms with Gasteiger partial charge in [-0.2, -0.15) is 0 Å².